The number of thiophene rings is 1. The molecule has 0 aliphatic rings. The summed E-state index contributed by atoms with van der Waals surface area (Å²) in [5.74, 6) is 0.210. The Hall–Kier alpha value is -1.67. The molecule has 0 saturated carbocycles. The highest BCUT2D eigenvalue weighted by Crippen LogP contribution is 2.12. The average Bonchev–Trinajstić information content (AvgIpc) is 2.88. The first kappa shape index (κ1) is 11.8. The van der Waals surface area contributed by atoms with Crippen molar-refractivity contribution < 1.29 is 4.79 Å². The molecular weight excluding hydrogens is 228 g/mol. The number of hydrogen-bond donors (Lipinski definition) is 0. The molecule has 2 rings (SSSR count). The third kappa shape index (κ3) is 3.68. The van der Waals surface area contributed by atoms with Crippen molar-refractivity contribution in [2.75, 3.05) is 0 Å². The van der Waals surface area contributed by atoms with Gasteiger partial charge in [0.2, 0.25) is 0 Å². The molecule has 0 amide bonds. The number of ketones is 1. The van der Waals surface area contributed by atoms with Crippen LogP contribution in [0, 0.1) is 0 Å². The van der Waals surface area contributed by atoms with Gasteiger partial charge in [0.25, 0.3) is 0 Å². The van der Waals surface area contributed by atoms with Crippen LogP contribution in [-0.4, -0.2) is 5.78 Å². The van der Waals surface area contributed by atoms with Crippen molar-refractivity contribution in [2.24, 2.45) is 0 Å². The fourth-order valence-electron chi connectivity index (χ4n) is 1.57. The third-order valence-electron chi connectivity index (χ3n) is 2.46. The van der Waals surface area contributed by atoms with Gasteiger partial charge in [-0.2, -0.15) is 0 Å². The first-order chi connectivity index (χ1) is 8.36. The van der Waals surface area contributed by atoms with E-state index in [1.807, 2.05) is 36.4 Å². The summed E-state index contributed by atoms with van der Waals surface area (Å²) in [6, 6.07) is 13.5. The molecule has 0 radical (unpaired) electrons. The van der Waals surface area contributed by atoms with Gasteiger partial charge in [0.05, 0.1) is 0 Å². The zero-order chi connectivity index (χ0) is 11.9. The van der Waals surface area contributed by atoms with E-state index < -0.39 is 0 Å². The Morgan fingerprint density at radius 3 is 2.65 bits per heavy atom. The van der Waals surface area contributed by atoms with E-state index in [9.17, 15) is 4.79 Å². The third-order valence-corrected chi connectivity index (χ3v) is 3.30. The van der Waals surface area contributed by atoms with Crippen molar-refractivity contribution in [3.05, 3.63) is 64.4 Å². The number of benzene rings is 1. The van der Waals surface area contributed by atoms with E-state index in [0.717, 1.165) is 12.0 Å². The highest BCUT2D eigenvalue weighted by Gasteiger charge is 2.02. The maximum Gasteiger partial charge on any atom is 0.163 e. The summed E-state index contributed by atoms with van der Waals surface area (Å²) in [5.41, 5.74) is 0.803. The lowest BCUT2D eigenvalue weighted by Crippen LogP contribution is -1.96. The zero-order valence-corrected chi connectivity index (χ0v) is 10.3. The average molecular weight is 242 g/mol. The first-order valence-corrected chi connectivity index (χ1v) is 6.52. The van der Waals surface area contributed by atoms with Crippen LogP contribution in [0.4, 0.5) is 0 Å². The largest absolute Gasteiger partial charge is 0.294 e. The maximum absolute atomic E-state index is 11.8. The number of carbonyl (C=O) groups excluding carboxylic acids is 1. The van der Waals surface area contributed by atoms with Gasteiger partial charge in [0, 0.05) is 16.9 Å². The van der Waals surface area contributed by atoms with Crippen molar-refractivity contribution in [3.8, 4) is 0 Å². The number of hydrogen-bond acceptors (Lipinski definition) is 2. The summed E-state index contributed by atoms with van der Waals surface area (Å²) in [6.45, 7) is 0. The molecule has 0 N–H and O–H groups in total. The molecular formula is C15H14OS. The van der Waals surface area contributed by atoms with Gasteiger partial charge in [0.1, 0.15) is 0 Å². The van der Waals surface area contributed by atoms with Crippen LogP contribution in [0.15, 0.2) is 53.9 Å². The lowest BCUT2D eigenvalue weighted by Gasteiger charge is -1.97. The van der Waals surface area contributed by atoms with Crippen molar-refractivity contribution in [3.63, 3.8) is 0 Å². The van der Waals surface area contributed by atoms with Crippen LogP contribution in [-0.2, 0) is 0 Å². The number of Topliss-reactive ketones (excluding diaryl/α,β-unsaturated/α-hetero) is 1. The van der Waals surface area contributed by atoms with Gasteiger partial charge in [-0.25, -0.2) is 0 Å². The van der Waals surface area contributed by atoms with Gasteiger partial charge in [-0.05, 0) is 23.9 Å². The minimum atomic E-state index is 0.210. The second-order valence-electron chi connectivity index (χ2n) is 3.75. The summed E-state index contributed by atoms with van der Waals surface area (Å²) in [5, 5.41) is 2.05. The Bertz CT molecular complexity index is 483. The molecule has 2 aromatic rings. The molecule has 17 heavy (non-hydrogen) atoms. The van der Waals surface area contributed by atoms with E-state index in [2.05, 4.69) is 23.6 Å². The van der Waals surface area contributed by atoms with E-state index in [1.165, 1.54) is 4.88 Å². The van der Waals surface area contributed by atoms with Gasteiger partial charge in [-0.3, -0.25) is 4.79 Å². The van der Waals surface area contributed by atoms with Crippen molar-refractivity contribution in [1.82, 2.24) is 0 Å². The van der Waals surface area contributed by atoms with Crippen LogP contribution >= 0.6 is 11.3 Å². The molecule has 0 spiro atoms. The lowest BCUT2D eigenvalue weighted by molar-refractivity contribution is 0.0984. The Kier molecular flexibility index (Phi) is 4.28. The molecule has 0 atom stereocenters. The summed E-state index contributed by atoms with van der Waals surface area (Å²) >= 11 is 1.71. The summed E-state index contributed by atoms with van der Waals surface area (Å²) in [7, 11) is 0. The molecule has 86 valence electrons. The van der Waals surface area contributed by atoms with Crippen LogP contribution in [0.3, 0.4) is 0 Å². The van der Waals surface area contributed by atoms with Crippen molar-refractivity contribution >= 4 is 23.2 Å². The van der Waals surface area contributed by atoms with Gasteiger partial charge in [0.15, 0.2) is 5.78 Å². The predicted octanol–water partition coefficient (Wildman–Crippen LogP) is 4.42. The predicted molar refractivity (Wildman–Crippen MR) is 73.4 cm³/mol. The SMILES string of the molecule is O=C(CC/C=C\c1cccs1)c1ccccc1. The Labute approximate surface area is 105 Å². The summed E-state index contributed by atoms with van der Waals surface area (Å²) < 4.78 is 0. The molecule has 1 aromatic heterocycles. The minimum Gasteiger partial charge on any atom is -0.294 e. The molecule has 0 saturated heterocycles. The quantitative estimate of drug-likeness (QED) is 0.709. The van der Waals surface area contributed by atoms with Crippen LogP contribution < -0.4 is 0 Å². The molecule has 0 aliphatic carbocycles. The standard InChI is InChI=1S/C15H14OS/c16-15(13-7-2-1-3-8-13)11-5-4-9-14-10-6-12-17-14/h1-4,6-10,12H,5,11H2/b9-4-. The number of carbonyl (C=O) groups is 1. The van der Waals surface area contributed by atoms with E-state index in [-0.39, 0.29) is 5.78 Å². The summed E-state index contributed by atoms with van der Waals surface area (Å²) in [4.78, 5) is 13.0. The Balaban J connectivity index is 1.81. The smallest absolute Gasteiger partial charge is 0.163 e. The Morgan fingerprint density at radius 2 is 1.94 bits per heavy atom. The first-order valence-electron chi connectivity index (χ1n) is 5.64. The topological polar surface area (TPSA) is 17.1 Å². The normalized spacial score (nSPS) is 10.8. The minimum absolute atomic E-state index is 0.210. The fraction of sp³-hybridized carbons (Fsp3) is 0.133. The molecule has 0 aliphatic heterocycles. The van der Waals surface area contributed by atoms with Crippen LogP contribution in [0.2, 0.25) is 0 Å². The van der Waals surface area contributed by atoms with Gasteiger partial charge >= 0.3 is 0 Å². The molecule has 1 aromatic carbocycles. The second-order valence-corrected chi connectivity index (χ2v) is 4.72. The van der Waals surface area contributed by atoms with Crippen molar-refractivity contribution in [2.45, 2.75) is 12.8 Å². The number of allylic oxidation sites excluding steroid dienone is 1. The van der Waals surface area contributed by atoms with Gasteiger partial charge in [-0.15, -0.1) is 11.3 Å². The van der Waals surface area contributed by atoms with E-state index >= 15 is 0 Å². The van der Waals surface area contributed by atoms with E-state index in [4.69, 9.17) is 0 Å². The number of rotatable bonds is 5. The highest BCUT2D eigenvalue weighted by atomic mass is 32.1. The van der Waals surface area contributed by atoms with Crippen molar-refractivity contribution in [1.29, 1.82) is 0 Å². The van der Waals surface area contributed by atoms with E-state index in [1.54, 1.807) is 11.3 Å². The highest BCUT2D eigenvalue weighted by molar-refractivity contribution is 7.10. The van der Waals surface area contributed by atoms with Crippen LogP contribution in [0.25, 0.3) is 6.08 Å². The molecule has 0 unspecified atom stereocenters. The molecule has 1 heterocycles. The van der Waals surface area contributed by atoms with Crippen LogP contribution in [0.1, 0.15) is 28.1 Å². The zero-order valence-electron chi connectivity index (χ0n) is 9.50. The van der Waals surface area contributed by atoms with Gasteiger partial charge in [-0.1, -0.05) is 42.5 Å². The van der Waals surface area contributed by atoms with E-state index in [0.29, 0.717) is 6.42 Å². The second kappa shape index (κ2) is 6.16. The molecule has 0 fully saturated rings. The molecule has 1 nitrogen and oxygen atoms in total. The lowest BCUT2D eigenvalue weighted by atomic mass is 10.1. The van der Waals surface area contributed by atoms with Crippen LogP contribution in [0.5, 0.6) is 0 Å². The molecule has 0 bridgehead atoms. The molecule has 2 heteroatoms. The summed E-state index contributed by atoms with van der Waals surface area (Å²) in [6.07, 6.45) is 5.51. The Morgan fingerprint density at radius 1 is 1.12 bits per heavy atom. The van der Waals surface area contributed by atoms with Gasteiger partial charge < -0.3 is 0 Å². The fourth-order valence-corrected chi connectivity index (χ4v) is 2.21. The maximum atomic E-state index is 11.8. The monoisotopic (exact) mass is 242 g/mol.